The second kappa shape index (κ2) is 9.05. The van der Waals surface area contributed by atoms with Crippen molar-refractivity contribution in [1.29, 1.82) is 0 Å². The molecule has 0 unspecified atom stereocenters. The smallest absolute Gasteiger partial charge is 0.253 e. The van der Waals surface area contributed by atoms with Crippen molar-refractivity contribution >= 4 is 38.3 Å². The lowest BCUT2D eigenvalue weighted by molar-refractivity contribution is -0.121. The zero-order valence-corrected chi connectivity index (χ0v) is 19.0. The van der Waals surface area contributed by atoms with Crippen molar-refractivity contribution in [3.63, 3.8) is 0 Å². The topological polar surface area (TPSA) is 99.7 Å². The number of anilines is 1. The molecule has 10 heteroatoms. The number of benzene rings is 1. The summed E-state index contributed by atoms with van der Waals surface area (Å²) in [7, 11) is -3.49. The summed E-state index contributed by atoms with van der Waals surface area (Å²) in [6, 6.07) is 6.18. The van der Waals surface area contributed by atoms with Crippen LogP contribution in [0.25, 0.3) is 0 Å². The average molecular weight is 463 g/mol. The van der Waals surface area contributed by atoms with E-state index in [-0.39, 0.29) is 22.6 Å². The van der Waals surface area contributed by atoms with Gasteiger partial charge in [0.05, 0.1) is 10.6 Å². The number of sulfonamides is 1. The number of likely N-dealkylation sites (tertiary alicyclic amines) is 1. The van der Waals surface area contributed by atoms with Crippen LogP contribution in [0.4, 0.5) is 5.13 Å². The van der Waals surface area contributed by atoms with Crippen LogP contribution in [0, 0.1) is 12.8 Å². The third kappa shape index (κ3) is 4.81. The van der Waals surface area contributed by atoms with Gasteiger partial charge in [0.25, 0.3) is 5.91 Å². The molecule has 2 saturated heterocycles. The lowest BCUT2D eigenvalue weighted by Crippen LogP contribution is -2.41. The van der Waals surface area contributed by atoms with Crippen molar-refractivity contribution in [1.82, 2.24) is 14.2 Å². The van der Waals surface area contributed by atoms with Gasteiger partial charge in [0, 0.05) is 43.0 Å². The SMILES string of the molecule is Cc1csc(NC(=O)C2CCN(C(=O)c3ccc(S(=O)(=O)N4CCCC4)cc3)CC2)n1. The Morgan fingerprint density at radius 3 is 2.29 bits per heavy atom. The number of carbonyl (C=O) groups excluding carboxylic acids is 2. The molecule has 0 radical (unpaired) electrons. The Kier molecular flexibility index (Phi) is 6.40. The second-order valence-electron chi connectivity index (χ2n) is 7.99. The molecule has 1 aromatic heterocycles. The van der Waals surface area contributed by atoms with E-state index in [2.05, 4.69) is 10.3 Å². The molecule has 3 heterocycles. The first-order valence-corrected chi connectivity index (χ1v) is 12.8. The van der Waals surface area contributed by atoms with E-state index in [1.807, 2.05) is 12.3 Å². The van der Waals surface area contributed by atoms with Gasteiger partial charge in [-0.15, -0.1) is 11.3 Å². The summed E-state index contributed by atoms with van der Waals surface area (Å²) >= 11 is 1.40. The predicted molar refractivity (Wildman–Crippen MR) is 119 cm³/mol. The van der Waals surface area contributed by atoms with Crippen molar-refractivity contribution in [2.75, 3.05) is 31.5 Å². The van der Waals surface area contributed by atoms with Gasteiger partial charge < -0.3 is 10.2 Å². The molecule has 166 valence electrons. The van der Waals surface area contributed by atoms with Gasteiger partial charge in [-0.2, -0.15) is 4.31 Å². The van der Waals surface area contributed by atoms with E-state index in [1.165, 1.54) is 27.8 Å². The highest BCUT2D eigenvalue weighted by atomic mass is 32.2. The summed E-state index contributed by atoms with van der Waals surface area (Å²) in [6.07, 6.45) is 2.94. The van der Waals surface area contributed by atoms with Crippen LogP contribution in [0.3, 0.4) is 0 Å². The van der Waals surface area contributed by atoms with E-state index in [1.54, 1.807) is 17.0 Å². The number of aromatic nitrogens is 1. The molecule has 2 aromatic rings. The van der Waals surface area contributed by atoms with E-state index >= 15 is 0 Å². The molecule has 4 rings (SSSR count). The van der Waals surface area contributed by atoms with Gasteiger partial charge in [0.2, 0.25) is 15.9 Å². The maximum Gasteiger partial charge on any atom is 0.253 e. The van der Waals surface area contributed by atoms with Crippen LogP contribution in [0.2, 0.25) is 0 Å². The number of rotatable bonds is 5. The van der Waals surface area contributed by atoms with Crippen LogP contribution in [-0.4, -0.2) is 60.6 Å². The highest BCUT2D eigenvalue weighted by molar-refractivity contribution is 7.89. The summed E-state index contributed by atoms with van der Waals surface area (Å²) in [5, 5.41) is 5.35. The third-order valence-electron chi connectivity index (χ3n) is 5.81. The maximum absolute atomic E-state index is 12.8. The molecule has 0 aliphatic carbocycles. The molecule has 2 aliphatic heterocycles. The summed E-state index contributed by atoms with van der Waals surface area (Å²) in [4.78, 5) is 31.5. The van der Waals surface area contributed by atoms with Crippen molar-refractivity contribution in [3.8, 4) is 0 Å². The molecule has 8 nitrogen and oxygen atoms in total. The number of piperidine rings is 1. The molecule has 0 bridgehead atoms. The fraction of sp³-hybridized carbons (Fsp3) is 0.476. The molecule has 1 N–H and O–H groups in total. The monoisotopic (exact) mass is 462 g/mol. The Morgan fingerprint density at radius 1 is 1.06 bits per heavy atom. The van der Waals surface area contributed by atoms with Crippen LogP contribution in [0.1, 0.15) is 41.7 Å². The van der Waals surface area contributed by atoms with Gasteiger partial charge >= 0.3 is 0 Å². The van der Waals surface area contributed by atoms with Crippen LogP contribution in [-0.2, 0) is 14.8 Å². The molecule has 2 fully saturated rings. The van der Waals surface area contributed by atoms with E-state index in [4.69, 9.17) is 0 Å². The first-order chi connectivity index (χ1) is 14.8. The van der Waals surface area contributed by atoms with Gasteiger partial charge in [0.15, 0.2) is 5.13 Å². The summed E-state index contributed by atoms with van der Waals surface area (Å²) in [5.74, 6) is -0.348. The first-order valence-electron chi connectivity index (χ1n) is 10.5. The number of carbonyl (C=O) groups is 2. The molecule has 2 aliphatic rings. The first kappa shape index (κ1) is 21.9. The number of hydrogen-bond donors (Lipinski definition) is 1. The normalized spacial score (nSPS) is 18.3. The highest BCUT2D eigenvalue weighted by Crippen LogP contribution is 2.24. The quantitative estimate of drug-likeness (QED) is 0.737. The Labute approximate surface area is 186 Å². The Hall–Kier alpha value is -2.30. The summed E-state index contributed by atoms with van der Waals surface area (Å²) < 4.78 is 26.8. The van der Waals surface area contributed by atoms with Crippen LogP contribution in [0.5, 0.6) is 0 Å². The van der Waals surface area contributed by atoms with Crippen molar-refractivity contribution in [2.45, 2.75) is 37.5 Å². The number of aryl methyl sites for hydroxylation is 1. The minimum Gasteiger partial charge on any atom is -0.339 e. The van der Waals surface area contributed by atoms with Crippen molar-refractivity contribution in [3.05, 3.63) is 40.9 Å². The van der Waals surface area contributed by atoms with Crippen molar-refractivity contribution in [2.24, 2.45) is 5.92 Å². The minimum atomic E-state index is -3.49. The molecule has 0 atom stereocenters. The molecule has 0 spiro atoms. The van der Waals surface area contributed by atoms with Gasteiger partial charge in [-0.1, -0.05) is 0 Å². The number of hydrogen-bond acceptors (Lipinski definition) is 6. The minimum absolute atomic E-state index is 0.0575. The Balaban J connectivity index is 1.33. The fourth-order valence-corrected chi connectivity index (χ4v) is 6.20. The maximum atomic E-state index is 12.8. The number of thiazole rings is 1. The predicted octanol–water partition coefficient (Wildman–Crippen LogP) is 2.73. The lowest BCUT2D eigenvalue weighted by atomic mass is 9.95. The van der Waals surface area contributed by atoms with Crippen LogP contribution in [0.15, 0.2) is 34.5 Å². The largest absolute Gasteiger partial charge is 0.339 e. The zero-order chi connectivity index (χ0) is 22.0. The zero-order valence-electron chi connectivity index (χ0n) is 17.4. The van der Waals surface area contributed by atoms with E-state index in [0.29, 0.717) is 49.7 Å². The summed E-state index contributed by atoms with van der Waals surface area (Å²) in [5.41, 5.74) is 1.33. The highest BCUT2D eigenvalue weighted by Gasteiger charge is 2.30. The molecular formula is C21H26N4O4S2. The Bertz CT molecular complexity index is 1050. The van der Waals surface area contributed by atoms with Gasteiger partial charge in [-0.3, -0.25) is 9.59 Å². The standard InChI is InChI=1S/C21H26N4O4S2/c1-15-14-30-21(22-15)23-19(26)16-8-12-24(13-9-16)20(27)17-4-6-18(7-5-17)31(28,29)25-10-2-3-11-25/h4-7,14,16H,2-3,8-13H2,1H3,(H,22,23,26). The average Bonchev–Trinajstić information content (AvgIpc) is 3.46. The van der Waals surface area contributed by atoms with Gasteiger partial charge in [-0.25, -0.2) is 13.4 Å². The van der Waals surface area contributed by atoms with E-state index in [0.717, 1.165) is 18.5 Å². The molecule has 1 aromatic carbocycles. The molecular weight excluding hydrogens is 436 g/mol. The second-order valence-corrected chi connectivity index (χ2v) is 10.8. The molecule has 2 amide bonds. The van der Waals surface area contributed by atoms with E-state index in [9.17, 15) is 18.0 Å². The summed E-state index contributed by atoms with van der Waals surface area (Å²) in [6.45, 7) is 3.95. The number of nitrogens with zero attached hydrogens (tertiary/aromatic N) is 3. The third-order valence-corrected chi connectivity index (χ3v) is 8.59. The Morgan fingerprint density at radius 2 is 1.71 bits per heavy atom. The molecule has 0 saturated carbocycles. The van der Waals surface area contributed by atoms with Crippen LogP contribution < -0.4 is 5.32 Å². The van der Waals surface area contributed by atoms with Crippen molar-refractivity contribution < 1.29 is 18.0 Å². The molecule has 31 heavy (non-hydrogen) atoms. The number of amides is 2. The van der Waals surface area contributed by atoms with E-state index < -0.39 is 10.0 Å². The van der Waals surface area contributed by atoms with Gasteiger partial charge in [0.1, 0.15) is 0 Å². The lowest BCUT2D eigenvalue weighted by Gasteiger charge is -2.31. The fourth-order valence-electron chi connectivity index (χ4n) is 3.99. The number of nitrogens with one attached hydrogen (secondary N) is 1. The van der Waals surface area contributed by atoms with Gasteiger partial charge in [-0.05, 0) is 56.9 Å². The van der Waals surface area contributed by atoms with Crippen LogP contribution >= 0.6 is 11.3 Å².